The number of carbonyl (C=O) groups excluding carboxylic acids is 2. The Morgan fingerprint density at radius 2 is 2.06 bits per heavy atom. The van der Waals surface area contributed by atoms with Gasteiger partial charge in [0, 0.05) is 7.11 Å². The number of benzene rings is 1. The van der Waals surface area contributed by atoms with Crippen molar-refractivity contribution in [1.82, 2.24) is 4.90 Å². The van der Waals surface area contributed by atoms with E-state index in [1.54, 1.807) is 0 Å². The summed E-state index contributed by atoms with van der Waals surface area (Å²) in [6.07, 6.45) is 1.41. The average molecular weight is 245 g/mol. The third kappa shape index (κ3) is 1.35. The van der Waals surface area contributed by atoms with E-state index in [-0.39, 0.29) is 17.7 Å². The van der Waals surface area contributed by atoms with Crippen molar-refractivity contribution in [3.63, 3.8) is 0 Å². The molecule has 94 valence electrons. The van der Waals surface area contributed by atoms with Gasteiger partial charge in [-0.2, -0.15) is 0 Å². The van der Waals surface area contributed by atoms with Crippen LogP contribution in [0.2, 0.25) is 0 Å². The highest BCUT2D eigenvalue weighted by atomic mass is 16.5. The Labute approximate surface area is 106 Å². The predicted molar refractivity (Wildman–Crippen MR) is 64.5 cm³/mol. The molecule has 1 aliphatic heterocycles. The quantitative estimate of drug-likeness (QED) is 0.755. The summed E-state index contributed by atoms with van der Waals surface area (Å²) >= 11 is 0. The van der Waals surface area contributed by atoms with E-state index in [2.05, 4.69) is 0 Å². The smallest absolute Gasteiger partial charge is 0.262 e. The van der Waals surface area contributed by atoms with Gasteiger partial charge >= 0.3 is 0 Å². The first-order valence-electron chi connectivity index (χ1n) is 6.14. The van der Waals surface area contributed by atoms with Gasteiger partial charge in [-0.25, -0.2) is 0 Å². The van der Waals surface area contributed by atoms with Crippen LogP contribution >= 0.6 is 0 Å². The monoisotopic (exact) mass is 245 g/mol. The van der Waals surface area contributed by atoms with E-state index in [1.165, 1.54) is 12.0 Å². The summed E-state index contributed by atoms with van der Waals surface area (Å²) in [7, 11) is 1.52. The third-order valence-corrected chi connectivity index (χ3v) is 4.09. The molecular weight excluding hydrogens is 230 g/mol. The molecule has 3 rings (SSSR count). The molecule has 1 aromatic carbocycles. The molecule has 2 unspecified atom stereocenters. The lowest BCUT2D eigenvalue weighted by Crippen LogP contribution is -2.52. The van der Waals surface area contributed by atoms with Gasteiger partial charge < -0.3 is 4.74 Å². The first kappa shape index (κ1) is 11.4. The minimum absolute atomic E-state index is 0.0862. The summed E-state index contributed by atoms with van der Waals surface area (Å²) in [5.41, 5.74) is 0.109. The van der Waals surface area contributed by atoms with Crippen LogP contribution < -0.4 is 0 Å². The fourth-order valence-corrected chi connectivity index (χ4v) is 2.89. The molecule has 4 heteroatoms. The summed E-state index contributed by atoms with van der Waals surface area (Å²) in [5, 5.41) is 0. The van der Waals surface area contributed by atoms with Crippen molar-refractivity contribution in [2.45, 2.75) is 25.0 Å². The molecule has 0 spiro atoms. The van der Waals surface area contributed by atoms with Gasteiger partial charge in [0.15, 0.2) is 5.60 Å². The molecular formula is C14H15NO3. The molecule has 0 radical (unpaired) electrons. The molecule has 4 nitrogen and oxygen atoms in total. The molecule has 1 saturated carbocycles. The van der Waals surface area contributed by atoms with Crippen LogP contribution in [0.1, 0.15) is 18.4 Å². The van der Waals surface area contributed by atoms with Crippen LogP contribution in [0.3, 0.4) is 0 Å². The first-order valence-corrected chi connectivity index (χ1v) is 6.14. The highest BCUT2D eigenvalue weighted by Crippen LogP contribution is 2.48. The molecule has 2 atom stereocenters. The number of amides is 2. The number of carbonyl (C=O) groups is 2. The van der Waals surface area contributed by atoms with Crippen molar-refractivity contribution in [3.8, 4) is 0 Å². The normalized spacial score (nSPS) is 30.3. The van der Waals surface area contributed by atoms with E-state index in [4.69, 9.17) is 4.74 Å². The Morgan fingerprint density at radius 3 is 2.56 bits per heavy atom. The molecule has 1 aromatic rings. The van der Waals surface area contributed by atoms with Gasteiger partial charge in [-0.05, 0) is 18.4 Å². The zero-order chi connectivity index (χ0) is 12.8. The largest absolute Gasteiger partial charge is 0.368 e. The Hall–Kier alpha value is -1.68. The lowest BCUT2D eigenvalue weighted by atomic mass is 9.71. The topological polar surface area (TPSA) is 46.6 Å². The summed E-state index contributed by atoms with van der Waals surface area (Å²) in [4.78, 5) is 25.8. The molecule has 0 N–H and O–H groups in total. The Kier molecular flexibility index (Phi) is 2.48. The van der Waals surface area contributed by atoms with Crippen LogP contribution in [0.4, 0.5) is 0 Å². The zero-order valence-corrected chi connectivity index (χ0v) is 10.3. The van der Waals surface area contributed by atoms with Gasteiger partial charge in [0.1, 0.15) is 0 Å². The van der Waals surface area contributed by atoms with Crippen LogP contribution in [0.25, 0.3) is 0 Å². The van der Waals surface area contributed by atoms with Crippen molar-refractivity contribution in [2.24, 2.45) is 5.92 Å². The van der Waals surface area contributed by atoms with Gasteiger partial charge in [0.2, 0.25) is 5.91 Å². The lowest BCUT2D eigenvalue weighted by Gasteiger charge is -2.38. The summed E-state index contributed by atoms with van der Waals surface area (Å²) in [5.74, 6) is -0.522. The molecule has 2 aliphatic rings. The molecule has 0 bridgehead atoms. The second-order valence-electron chi connectivity index (χ2n) is 4.90. The van der Waals surface area contributed by atoms with E-state index in [0.717, 1.165) is 12.0 Å². The van der Waals surface area contributed by atoms with Crippen LogP contribution in [0.15, 0.2) is 30.3 Å². The molecule has 1 saturated heterocycles. The molecule has 2 fully saturated rings. The number of hydrogen-bond donors (Lipinski definition) is 0. The standard InChI is InChI=1S/C14H15NO3/c1-18-14-8-7-11(14)12(16)15(13(14)17)9-10-5-3-2-4-6-10/h2-6,11H,7-9H2,1H3. The number of imide groups is 1. The zero-order valence-electron chi connectivity index (χ0n) is 10.3. The first-order chi connectivity index (χ1) is 8.69. The Morgan fingerprint density at radius 1 is 1.33 bits per heavy atom. The Bertz CT molecular complexity index is 495. The van der Waals surface area contributed by atoms with Crippen LogP contribution in [0, 0.1) is 5.92 Å². The van der Waals surface area contributed by atoms with Crippen molar-refractivity contribution >= 4 is 11.8 Å². The van der Waals surface area contributed by atoms with E-state index in [1.807, 2.05) is 30.3 Å². The van der Waals surface area contributed by atoms with Crippen molar-refractivity contribution < 1.29 is 14.3 Å². The van der Waals surface area contributed by atoms with Gasteiger partial charge in [-0.3, -0.25) is 14.5 Å². The second kappa shape index (κ2) is 3.92. The van der Waals surface area contributed by atoms with E-state index in [9.17, 15) is 9.59 Å². The fraction of sp³-hybridized carbons (Fsp3) is 0.429. The highest BCUT2D eigenvalue weighted by molar-refractivity contribution is 6.10. The summed E-state index contributed by atoms with van der Waals surface area (Å²) in [6.45, 7) is 0.347. The molecule has 18 heavy (non-hydrogen) atoms. The van der Waals surface area contributed by atoms with Crippen molar-refractivity contribution in [1.29, 1.82) is 0 Å². The summed E-state index contributed by atoms with van der Waals surface area (Å²) in [6, 6.07) is 9.56. The maximum atomic E-state index is 12.3. The SMILES string of the molecule is COC12CCC1C(=O)N(Cc1ccccc1)C2=O. The predicted octanol–water partition coefficient (Wildman–Crippen LogP) is 1.35. The number of fused-ring (bicyclic) bond motifs is 1. The number of rotatable bonds is 3. The maximum absolute atomic E-state index is 12.3. The number of nitrogens with zero attached hydrogens (tertiary/aromatic N) is 1. The highest BCUT2D eigenvalue weighted by Gasteiger charge is 2.65. The maximum Gasteiger partial charge on any atom is 0.262 e. The average Bonchev–Trinajstić information content (AvgIpc) is 2.48. The Balaban J connectivity index is 1.86. The lowest BCUT2D eigenvalue weighted by molar-refractivity contribution is -0.160. The van der Waals surface area contributed by atoms with E-state index in [0.29, 0.717) is 13.0 Å². The second-order valence-corrected chi connectivity index (χ2v) is 4.90. The molecule has 1 aliphatic carbocycles. The molecule has 2 amide bonds. The molecule has 0 aromatic heterocycles. The van der Waals surface area contributed by atoms with E-state index < -0.39 is 5.60 Å². The number of likely N-dealkylation sites (tertiary alicyclic amines) is 1. The number of hydrogen-bond acceptors (Lipinski definition) is 3. The van der Waals surface area contributed by atoms with Crippen LogP contribution in [0.5, 0.6) is 0 Å². The van der Waals surface area contributed by atoms with Gasteiger partial charge in [-0.15, -0.1) is 0 Å². The molecule has 1 heterocycles. The van der Waals surface area contributed by atoms with Crippen molar-refractivity contribution in [2.75, 3.05) is 7.11 Å². The number of methoxy groups -OCH3 is 1. The van der Waals surface area contributed by atoms with Gasteiger partial charge in [0.05, 0.1) is 12.5 Å². The fourth-order valence-electron chi connectivity index (χ4n) is 2.89. The van der Waals surface area contributed by atoms with E-state index >= 15 is 0 Å². The van der Waals surface area contributed by atoms with Crippen molar-refractivity contribution in [3.05, 3.63) is 35.9 Å². The van der Waals surface area contributed by atoms with Gasteiger partial charge in [-0.1, -0.05) is 30.3 Å². The van der Waals surface area contributed by atoms with Crippen LogP contribution in [-0.4, -0.2) is 29.4 Å². The number of ether oxygens (including phenoxy) is 1. The minimum atomic E-state index is -0.855. The van der Waals surface area contributed by atoms with Gasteiger partial charge in [0.25, 0.3) is 5.91 Å². The minimum Gasteiger partial charge on any atom is -0.368 e. The third-order valence-electron chi connectivity index (χ3n) is 4.09. The summed E-state index contributed by atoms with van der Waals surface area (Å²) < 4.78 is 5.34. The van der Waals surface area contributed by atoms with Crippen LogP contribution in [-0.2, 0) is 20.9 Å².